The Kier molecular flexibility index (Phi) is 6.45. The van der Waals surface area contributed by atoms with Crippen molar-refractivity contribution in [3.63, 3.8) is 0 Å². The second-order valence-electron chi connectivity index (χ2n) is 6.63. The normalized spacial score (nSPS) is 22.4. The van der Waals surface area contributed by atoms with Crippen molar-refractivity contribution in [3.05, 3.63) is 33.8 Å². The second-order valence-corrected chi connectivity index (χ2v) is 9.44. The third kappa shape index (κ3) is 4.70. The van der Waals surface area contributed by atoms with Crippen LogP contribution in [0.5, 0.6) is 0 Å². The number of carbonyl (C=O) groups is 1. The Bertz CT molecular complexity index is 766. The first-order chi connectivity index (χ1) is 12.4. The first kappa shape index (κ1) is 19.9. The summed E-state index contributed by atoms with van der Waals surface area (Å²) in [5.74, 6) is -0.461. The Morgan fingerprint density at radius 3 is 2.62 bits per heavy atom. The Hall–Kier alpha value is -0.860. The Balaban J connectivity index is 1.68. The molecule has 2 aliphatic rings. The fraction of sp³-hybridized carbons (Fsp3) is 0.588. The van der Waals surface area contributed by atoms with Gasteiger partial charge in [-0.25, -0.2) is 12.7 Å². The smallest absolute Gasteiger partial charge is 0.227 e. The summed E-state index contributed by atoms with van der Waals surface area (Å²) in [5.41, 5.74) is 0.512. The molecule has 0 aliphatic carbocycles. The van der Waals surface area contributed by atoms with Gasteiger partial charge in [0.15, 0.2) is 0 Å². The number of carbonyl (C=O) groups excluding carboxylic acids is 1. The molecular weight excluding hydrogens is 399 g/mol. The lowest BCUT2D eigenvalue weighted by Gasteiger charge is -2.35. The lowest BCUT2D eigenvalue weighted by molar-refractivity contribution is -0.140. The van der Waals surface area contributed by atoms with E-state index in [1.54, 1.807) is 17.0 Å². The van der Waals surface area contributed by atoms with Crippen molar-refractivity contribution < 1.29 is 17.9 Å². The zero-order valence-corrected chi connectivity index (χ0v) is 16.7. The van der Waals surface area contributed by atoms with Crippen LogP contribution in [0.15, 0.2) is 18.2 Å². The number of benzene rings is 1. The number of rotatable bonds is 4. The molecule has 144 valence electrons. The summed E-state index contributed by atoms with van der Waals surface area (Å²) < 4.78 is 32.3. The van der Waals surface area contributed by atoms with Gasteiger partial charge in [0.05, 0.1) is 24.9 Å². The van der Waals surface area contributed by atoms with E-state index in [2.05, 4.69) is 0 Å². The minimum atomic E-state index is -3.56. The van der Waals surface area contributed by atoms with E-state index in [4.69, 9.17) is 27.9 Å². The van der Waals surface area contributed by atoms with Crippen LogP contribution in [0.4, 0.5) is 0 Å². The van der Waals surface area contributed by atoms with Gasteiger partial charge in [0.1, 0.15) is 0 Å². The number of morpholine rings is 1. The van der Waals surface area contributed by atoms with Crippen LogP contribution in [0, 0.1) is 5.92 Å². The maximum absolute atomic E-state index is 12.8. The summed E-state index contributed by atoms with van der Waals surface area (Å²) in [6.07, 6.45) is 1.39. The van der Waals surface area contributed by atoms with Crippen molar-refractivity contribution in [2.24, 2.45) is 5.92 Å². The summed E-state index contributed by atoms with van der Waals surface area (Å²) in [6, 6.07) is 4.79. The number of halogens is 2. The van der Waals surface area contributed by atoms with Gasteiger partial charge >= 0.3 is 0 Å². The van der Waals surface area contributed by atoms with Gasteiger partial charge in [-0.15, -0.1) is 0 Å². The van der Waals surface area contributed by atoms with E-state index >= 15 is 0 Å². The summed E-state index contributed by atoms with van der Waals surface area (Å²) in [6.45, 7) is 2.88. The molecule has 6 nitrogen and oxygen atoms in total. The number of hydrogen-bond acceptors (Lipinski definition) is 4. The maximum atomic E-state index is 12.8. The minimum Gasteiger partial charge on any atom is -0.378 e. The van der Waals surface area contributed by atoms with Crippen LogP contribution in [0.2, 0.25) is 10.0 Å². The van der Waals surface area contributed by atoms with E-state index < -0.39 is 10.0 Å². The lowest BCUT2D eigenvalue weighted by Crippen LogP contribution is -2.49. The second kappa shape index (κ2) is 8.44. The van der Waals surface area contributed by atoms with Crippen LogP contribution in [0.25, 0.3) is 0 Å². The predicted molar refractivity (Wildman–Crippen MR) is 101 cm³/mol. The van der Waals surface area contributed by atoms with Crippen molar-refractivity contribution in [1.82, 2.24) is 9.21 Å². The van der Waals surface area contributed by atoms with E-state index in [1.807, 2.05) is 0 Å². The van der Waals surface area contributed by atoms with Gasteiger partial charge in [-0.3, -0.25) is 4.79 Å². The molecule has 0 bridgehead atoms. The maximum Gasteiger partial charge on any atom is 0.227 e. The molecule has 0 N–H and O–H groups in total. The van der Waals surface area contributed by atoms with Crippen molar-refractivity contribution in [2.75, 3.05) is 39.4 Å². The highest BCUT2D eigenvalue weighted by Gasteiger charge is 2.34. The molecule has 26 heavy (non-hydrogen) atoms. The van der Waals surface area contributed by atoms with Crippen LogP contribution in [0.3, 0.4) is 0 Å². The molecule has 2 aliphatic heterocycles. The third-order valence-corrected chi connectivity index (χ3v) is 7.18. The third-order valence-electron chi connectivity index (χ3n) is 4.80. The monoisotopic (exact) mass is 420 g/mol. The topological polar surface area (TPSA) is 66.9 Å². The van der Waals surface area contributed by atoms with Crippen LogP contribution in [0.1, 0.15) is 18.4 Å². The lowest BCUT2D eigenvalue weighted by atomic mass is 9.98. The Morgan fingerprint density at radius 1 is 1.19 bits per heavy atom. The number of ether oxygens (including phenoxy) is 1. The van der Waals surface area contributed by atoms with Gasteiger partial charge in [0.2, 0.25) is 15.9 Å². The molecule has 3 rings (SSSR count). The molecule has 2 heterocycles. The summed E-state index contributed by atoms with van der Waals surface area (Å²) >= 11 is 12.0. The van der Waals surface area contributed by atoms with Crippen LogP contribution < -0.4 is 0 Å². The van der Waals surface area contributed by atoms with Crippen molar-refractivity contribution in [3.8, 4) is 0 Å². The first-order valence-electron chi connectivity index (χ1n) is 8.65. The molecule has 0 saturated carbocycles. The number of sulfonamides is 1. The molecule has 1 amide bonds. The minimum absolute atomic E-state index is 0.0257. The Morgan fingerprint density at radius 2 is 1.92 bits per heavy atom. The first-order valence-corrected chi connectivity index (χ1v) is 11.0. The largest absolute Gasteiger partial charge is 0.378 e. The summed E-state index contributed by atoms with van der Waals surface area (Å²) in [7, 11) is -3.56. The number of piperidine rings is 1. The van der Waals surface area contributed by atoms with Gasteiger partial charge in [-0.1, -0.05) is 29.3 Å². The zero-order valence-electron chi connectivity index (χ0n) is 14.4. The van der Waals surface area contributed by atoms with Gasteiger partial charge in [-0.2, -0.15) is 0 Å². The van der Waals surface area contributed by atoms with Gasteiger partial charge in [-0.05, 0) is 30.5 Å². The molecule has 0 aromatic heterocycles. The van der Waals surface area contributed by atoms with E-state index in [-0.39, 0.29) is 24.1 Å². The van der Waals surface area contributed by atoms with Gasteiger partial charge < -0.3 is 9.64 Å². The fourth-order valence-electron chi connectivity index (χ4n) is 3.37. The molecular formula is C17H22Cl2N2O4S. The SMILES string of the molecule is O=C([C@H]1CCCN(S(=O)(=O)Cc2ccc(Cl)cc2Cl)C1)N1CCOCC1. The molecule has 2 fully saturated rings. The van der Waals surface area contributed by atoms with Crippen molar-refractivity contribution in [1.29, 1.82) is 0 Å². The summed E-state index contributed by atoms with van der Waals surface area (Å²) in [5, 5.41) is 0.796. The van der Waals surface area contributed by atoms with Gasteiger partial charge in [0.25, 0.3) is 0 Å². The van der Waals surface area contributed by atoms with Gasteiger partial charge in [0, 0.05) is 36.2 Å². The van der Waals surface area contributed by atoms with E-state index in [1.165, 1.54) is 10.4 Å². The number of amides is 1. The molecule has 1 aromatic carbocycles. The molecule has 1 atom stereocenters. The van der Waals surface area contributed by atoms with Crippen LogP contribution >= 0.6 is 23.2 Å². The zero-order chi connectivity index (χ0) is 18.7. The number of hydrogen-bond donors (Lipinski definition) is 0. The van der Waals surface area contributed by atoms with E-state index in [0.717, 1.165) is 0 Å². The van der Waals surface area contributed by atoms with Crippen molar-refractivity contribution in [2.45, 2.75) is 18.6 Å². The average Bonchev–Trinajstić information content (AvgIpc) is 2.64. The summed E-state index contributed by atoms with van der Waals surface area (Å²) in [4.78, 5) is 14.5. The molecule has 0 spiro atoms. The highest BCUT2D eigenvalue weighted by Crippen LogP contribution is 2.27. The molecule has 0 unspecified atom stereocenters. The molecule has 2 saturated heterocycles. The molecule has 9 heteroatoms. The van der Waals surface area contributed by atoms with E-state index in [9.17, 15) is 13.2 Å². The Labute approximate surface area is 164 Å². The predicted octanol–water partition coefficient (Wildman–Crippen LogP) is 2.39. The average molecular weight is 421 g/mol. The van der Waals surface area contributed by atoms with Crippen molar-refractivity contribution >= 4 is 39.1 Å². The highest BCUT2D eigenvalue weighted by molar-refractivity contribution is 7.88. The quantitative estimate of drug-likeness (QED) is 0.749. The fourth-order valence-corrected chi connectivity index (χ4v) is 5.56. The standard InChI is InChI=1S/C17H22Cl2N2O4S/c18-15-4-3-14(16(19)10-15)12-26(23,24)21-5-1-2-13(11-21)17(22)20-6-8-25-9-7-20/h3-4,10,13H,1-2,5-9,11-12H2/t13-/m0/s1. The van der Waals surface area contributed by atoms with E-state index in [0.29, 0.717) is 61.3 Å². The van der Waals surface area contributed by atoms with Crippen LogP contribution in [-0.2, 0) is 25.3 Å². The van der Waals surface area contributed by atoms with Crippen LogP contribution in [-0.4, -0.2) is 62.9 Å². The molecule has 1 aromatic rings. The number of nitrogens with zero attached hydrogens (tertiary/aromatic N) is 2. The molecule has 0 radical (unpaired) electrons. The highest BCUT2D eigenvalue weighted by atomic mass is 35.5.